The third kappa shape index (κ3) is 4.98. The zero-order valence-electron chi connectivity index (χ0n) is 14.3. The quantitative estimate of drug-likeness (QED) is 0.283. The average molecular weight is 521 g/mol. The van der Waals surface area contributed by atoms with E-state index in [0.717, 1.165) is 30.5 Å². The maximum absolute atomic E-state index is 10.9. The van der Waals surface area contributed by atoms with E-state index in [0.29, 0.717) is 11.1 Å². The number of rotatable bonds is 2. The Balaban J connectivity index is 0.000000161. The summed E-state index contributed by atoms with van der Waals surface area (Å²) in [5.74, 6) is -0.894. The smallest absolute Gasteiger partial charge is 0.335 e. The molecule has 28 heavy (non-hydrogen) atoms. The predicted octanol–water partition coefficient (Wildman–Crippen LogP) is 7.28. The van der Waals surface area contributed by atoms with Crippen LogP contribution in [-0.4, -0.2) is 16.3 Å². The van der Waals surface area contributed by atoms with Crippen LogP contribution < -0.4 is 0 Å². The van der Waals surface area contributed by atoms with E-state index in [2.05, 4.69) is 31.9 Å². The minimum absolute atomic E-state index is 0.319. The Morgan fingerprint density at radius 2 is 1.04 bits per heavy atom. The van der Waals surface area contributed by atoms with Gasteiger partial charge < -0.3 is 5.11 Å². The second kappa shape index (κ2) is 8.86. The topological polar surface area (TPSA) is 54.4 Å². The van der Waals surface area contributed by atoms with Crippen molar-refractivity contribution in [2.24, 2.45) is 0 Å². The summed E-state index contributed by atoms with van der Waals surface area (Å²) in [6.07, 6.45) is 0. The molecule has 0 amide bonds. The van der Waals surface area contributed by atoms with Crippen molar-refractivity contribution >= 4 is 76.2 Å². The standard InChI is InChI=1S/C11H6BrClO.C11H7BrO2/c2*12-10-4-3-7-5-9(11(13)14)2-1-8(7)6-10/h1-6H;1-6H,(H,13,14). The third-order valence-electron chi connectivity index (χ3n) is 4.08. The summed E-state index contributed by atoms with van der Waals surface area (Å²) in [6, 6.07) is 22.1. The molecule has 0 aliphatic heterocycles. The molecule has 0 radical (unpaired) electrons. The SMILES string of the molecule is O=C(Cl)c1ccc2cc(Br)ccc2c1.O=C(O)c1ccc2cc(Br)ccc2c1. The summed E-state index contributed by atoms with van der Waals surface area (Å²) in [5, 5.41) is 12.4. The zero-order valence-corrected chi connectivity index (χ0v) is 18.3. The number of carboxylic acid groups (broad SMARTS) is 1. The first-order valence-electron chi connectivity index (χ1n) is 8.15. The van der Waals surface area contributed by atoms with Crippen LogP contribution in [0.1, 0.15) is 20.7 Å². The zero-order chi connectivity index (χ0) is 20.3. The molecule has 0 unspecified atom stereocenters. The normalized spacial score (nSPS) is 10.4. The minimum Gasteiger partial charge on any atom is -0.478 e. The van der Waals surface area contributed by atoms with Crippen LogP contribution in [0.15, 0.2) is 81.7 Å². The molecule has 0 heterocycles. The molecule has 4 aromatic rings. The summed E-state index contributed by atoms with van der Waals surface area (Å²) < 4.78 is 2.02. The number of fused-ring (bicyclic) bond motifs is 2. The van der Waals surface area contributed by atoms with Crippen molar-refractivity contribution in [1.29, 1.82) is 0 Å². The molecule has 6 heteroatoms. The molecule has 1 N–H and O–H groups in total. The van der Waals surface area contributed by atoms with Gasteiger partial charge in [-0.15, -0.1) is 0 Å². The van der Waals surface area contributed by atoms with Crippen molar-refractivity contribution < 1.29 is 14.7 Å². The molecule has 0 bridgehead atoms. The van der Waals surface area contributed by atoms with Gasteiger partial charge in [0.15, 0.2) is 0 Å². The Morgan fingerprint density at radius 3 is 1.50 bits per heavy atom. The highest BCUT2D eigenvalue weighted by Gasteiger charge is 2.03. The van der Waals surface area contributed by atoms with Gasteiger partial charge in [0.2, 0.25) is 0 Å². The van der Waals surface area contributed by atoms with E-state index < -0.39 is 11.2 Å². The van der Waals surface area contributed by atoms with Crippen LogP contribution in [0.4, 0.5) is 0 Å². The Morgan fingerprint density at radius 1 is 0.643 bits per heavy atom. The number of carboxylic acids is 1. The van der Waals surface area contributed by atoms with Gasteiger partial charge in [-0.05, 0) is 81.7 Å². The molecule has 0 saturated heterocycles. The summed E-state index contributed by atoms with van der Waals surface area (Å²) in [6.45, 7) is 0. The Hall–Kier alpha value is -2.21. The van der Waals surface area contributed by atoms with Crippen molar-refractivity contribution in [1.82, 2.24) is 0 Å². The number of halogens is 3. The number of aromatic carboxylic acids is 1. The van der Waals surface area contributed by atoms with E-state index in [4.69, 9.17) is 16.7 Å². The fourth-order valence-electron chi connectivity index (χ4n) is 2.69. The fourth-order valence-corrected chi connectivity index (χ4v) is 3.56. The molecule has 0 saturated carbocycles. The molecule has 0 aliphatic rings. The molecule has 0 atom stereocenters. The molecule has 4 rings (SSSR count). The molecule has 4 aromatic carbocycles. The molecule has 140 valence electrons. The van der Waals surface area contributed by atoms with E-state index >= 15 is 0 Å². The van der Waals surface area contributed by atoms with Crippen LogP contribution in [-0.2, 0) is 0 Å². The van der Waals surface area contributed by atoms with E-state index in [1.165, 1.54) is 0 Å². The Bertz CT molecular complexity index is 1110. The second-order valence-corrected chi connectivity index (χ2v) is 8.17. The number of carbonyl (C=O) groups is 2. The minimum atomic E-state index is -0.894. The van der Waals surface area contributed by atoms with Gasteiger partial charge >= 0.3 is 5.97 Å². The molecular formula is C22H13Br2ClO3. The van der Waals surface area contributed by atoms with Crippen LogP contribution in [0.25, 0.3) is 21.5 Å². The maximum atomic E-state index is 10.9. The molecule has 0 aromatic heterocycles. The summed E-state index contributed by atoms with van der Waals surface area (Å²) in [7, 11) is 0. The van der Waals surface area contributed by atoms with Crippen molar-refractivity contribution in [3.63, 3.8) is 0 Å². The molecule has 0 aliphatic carbocycles. The van der Waals surface area contributed by atoms with E-state index in [1.54, 1.807) is 24.3 Å². The van der Waals surface area contributed by atoms with Crippen LogP contribution in [0, 0.1) is 0 Å². The van der Waals surface area contributed by atoms with E-state index in [-0.39, 0.29) is 0 Å². The molecule has 3 nitrogen and oxygen atoms in total. The van der Waals surface area contributed by atoms with Crippen LogP contribution in [0.5, 0.6) is 0 Å². The first-order chi connectivity index (χ1) is 13.3. The first-order valence-corrected chi connectivity index (χ1v) is 10.1. The van der Waals surface area contributed by atoms with Gasteiger partial charge in [0.05, 0.1) is 5.56 Å². The Kier molecular flexibility index (Phi) is 6.50. The molecular weight excluding hydrogens is 508 g/mol. The number of hydrogen-bond donors (Lipinski definition) is 1. The highest BCUT2D eigenvalue weighted by molar-refractivity contribution is 9.10. The second-order valence-electron chi connectivity index (χ2n) is 5.99. The van der Waals surface area contributed by atoms with Crippen molar-refractivity contribution in [2.75, 3.05) is 0 Å². The highest BCUT2D eigenvalue weighted by Crippen LogP contribution is 2.22. The van der Waals surface area contributed by atoms with Crippen LogP contribution >= 0.6 is 43.5 Å². The largest absolute Gasteiger partial charge is 0.478 e. The Labute approximate surface area is 183 Å². The van der Waals surface area contributed by atoms with Crippen LogP contribution in [0.3, 0.4) is 0 Å². The van der Waals surface area contributed by atoms with Gasteiger partial charge in [-0.3, -0.25) is 4.79 Å². The lowest BCUT2D eigenvalue weighted by molar-refractivity contribution is 0.0697. The van der Waals surface area contributed by atoms with Gasteiger partial charge in [0, 0.05) is 14.5 Å². The van der Waals surface area contributed by atoms with Crippen molar-refractivity contribution in [3.8, 4) is 0 Å². The number of benzene rings is 4. The highest BCUT2D eigenvalue weighted by atomic mass is 79.9. The van der Waals surface area contributed by atoms with Crippen molar-refractivity contribution in [2.45, 2.75) is 0 Å². The van der Waals surface area contributed by atoms with Gasteiger partial charge in [-0.1, -0.05) is 56.1 Å². The molecule has 0 fully saturated rings. The summed E-state index contributed by atoms with van der Waals surface area (Å²) in [5.41, 5.74) is 0.848. The number of carbonyl (C=O) groups excluding carboxylic acids is 1. The summed E-state index contributed by atoms with van der Waals surface area (Å²) in [4.78, 5) is 21.6. The van der Waals surface area contributed by atoms with Gasteiger partial charge in [0.1, 0.15) is 0 Å². The van der Waals surface area contributed by atoms with E-state index in [1.807, 2.05) is 48.5 Å². The van der Waals surface area contributed by atoms with Gasteiger partial charge in [-0.2, -0.15) is 0 Å². The monoisotopic (exact) mass is 518 g/mol. The lowest BCUT2D eigenvalue weighted by atomic mass is 10.1. The lowest BCUT2D eigenvalue weighted by Crippen LogP contribution is -1.94. The van der Waals surface area contributed by atoms with Crippen molar-refractivity contribution in [3.05, 3.63) is 92.9 Å². The predicted molar refractivity (Wildman–Crippen MR) is 120 cm³/mol. The third-order valence-corrected chi connectivity index (χ3v) is 5.28. The number of hydrogen-bond acceptors (Lipinski definition) is 2. The van der Waals surface area contributed by atoms with Crippen LogP contribution in [0.2, 0.25) is 0 Å². The molecule has 0 spiro atoms. The van der Waals surface area contributed by atoms with E-state index in [9.17, 15) is 9.59 Å². The summed E-state index contributed by atoms with van der Waals surface area (Å²) >= 11 is 12.1. The average Bonchev–Trinajstić information content (AvgIpc) is 2.67. The van der Waals surface area contributed by atoms with Gasteiger partial charge in [0.25, 0.3) is 5.24 Å². The van der Waals surface area contributed by atoms with Gasteiger partial charge in [-0.25, -0.2) is 4.79 Å². The fraction of sp³-hybridized carbons (Fsp3) is 0. The lowest BCUT2D eigenvalue weighted by Gasteiger charge is -2.00. The maximum Gasteiger partial charge on any atom is 0.335 e. The first kappa shape index (κ1) is 20.5.